The second-order valence-electron chi connectivity index (χ2n) is 9.98. The monoisotopic (exact) mass is 538 g/mol. The number of halogens is 1. The van der Waals surface area contributed by atoms with Gasteiger partial charge in [0, 0.05) is 49.3 Å². The molecule has 2 aliphatic rings. The third kappa shape index (κ3) is 6.81. The van der Waals surface area contributed by atoms with Crippen molar-refractivity contribution in [3.05, 3.63) is 80.6 Å². The Bertz CT molecular complexity index is 1300. The van der Waals surface area contributed by atoms with E-state index in [4.69, 9.17) is 21.1 Å². The summed E-state index contributed by atoms with van der Waals surface area (Å²) >= 11 is 5.97. The van der Waals surface area contributed by atoms with Crippen LogP contribution in [0.3, 0.4) is 0 Å². The Morgan fingerprint density at radius 1 is 0.974 bits per heavy atom. The molecule has 2 fully saturated rings. The van der Waals surface area contributed by atoms with Crippen LogP contribution in [0.25, 0.3) is 10.9 Å². The van der Waals surface area contributed by atoms with Gasteiger partial charge in [-0.1, -0.05) is 29.8 Å². The van der Waals surface area contributed by atoms with E-state index < -0.39 is 5.91 Å². The molecule has 0 spiro atoms. The molecule has 5 rings (SSSR count). The first-order chi connectivity index (χ1) is 18.6. The quantitative estimate of drug-likeness (QED) is 0.398. The molecular formula is C29H35ClN4O4. The molecule has 38 heavy (non-hydrogen) atoms. The van der Waals surface area contributed by atoms with Gasteiger partial charge in [-0.15, -0.1) is 0 Å². The SMILES string of the molecule is O=C(NCc1ccc(Cl)cc1)c1cn(COCCN2CCCC2)c2ccc(CN3CCOCC3)cc2c1=O. The number of carbonyl (C=O) groups is 1. The summed E-state index contributed by atoms with van der Waals surface area (Å²) in [7, 11) is 0. The smallest absolute Gasteiger partial charge is 0.257 e. The maximum absolute atomic E-state index is 13.6. The maximum Gasteiger partial charge on any atom is 0.257 e. The first-order valence-electron chi connectivity index (χ1n) is 13.4. The van der Waals surface area contributed by atoms with Gasteiger partial charge in [-0.05, 0) is 61.3 Å². The van der Waals surface area contributed by atoms with Gasteiger partial charge in [0.25, 0.3) is 5.91 Å². The largest absolute Gasteiger partial charge is 0.379 e. The first-order valence-corrected chi connectivity index (χ1v) is 13.7. The normalized spacial score (nSPS) is 16.8. The topological polar surface area (TPSA) is 76.0 Å². The molecule has 1 aromatic heterocycles. The number of pyridine rings is 1. The molecule has 1 amide bonds. The number of nitrogens with zero attached hydrogens (tertiary/aromatic N) is 3. The van der Waals surface area contributed by atoms with Crippen molar-refractivity contribution in [3.8, 4) is 0 Å². The van der Waals surface area contributed by atoms with E-state index in [9.17, 15) is 9.59 Å². The van der Waals surface area contributed by atoms with Gasteiger partial charge in [0.2, 0.25) is 5.43 Å². The number of hydrogen-bond donors (Lipinski definition) is 1. The number of morpholine rings is 1. The summed E-state index contributed by atoms with van der Waals surface area (Å²) in [4.78, 5) is 31.5. The fourth-order valence-electron chi connectivity index (χ4n) is 5.07. The summed E-state index contributed by atoms with van der Waals surface area (Å²) in [5, 5.41) is 4.05. The number of carbonyl (C=O) groups excluding carboxylic acids is 1. The molecule has 0 atom stereocenters. The van der Waals surface area contributed by atoms with Crippen LogP contribution in [0.15, 0.2) is 53.5 Å². The zero-order chi connectivity index (χ0) is 26.3. The fraction of sp³-hybridized carbons (Fsp3) is 0.448. The summed E-state index contributed by atoms with van der Waals surface area (Å²) in [5.74, 6) is -0.406. The molecule has 3 aromatic rings. The van der Waals surface area contributed by atoms with Crippen LogP contribution < -0.4 is 10.7 Å². The number of rotatable bonds is 10. The van der Waals surface area contributed by atoms with E-state index in [1.54, 1.807) is 18.3 Å². The number of hydrogen-bond acceptors (Lipinski definition) is 6. The molecule has 2 aliphatic heterocycles. The third-order valence-electron chi connectivity index (χ3n) is 7.25. The lowest BCUT2D eigenvalue weighted by molar-refractivity contribution is 0.0342. The van der Waals surface area contributed by atoms with Crippen LogP contribution >= 0.6 is 11.6 Å². The van der Waals surface area contributed by atoms with E-state index in [1.165, 1.54) is 12.8 Å². The van der Waals surface area contributed by atoms with Crippen LogP contribution in [0.1, 0.15) is 34.3 Å². The lowest BCUT2D eigenvalue weighted by Gasteiger charge is -2.26. The van der Waals surface area contributed by atoms with E-state index in [1.807, 2.05) is 28.8 Å². The average Bonchev–Trinajstić information content (AvgIpc) is 3.46. The predicted octanol–water partition coefficient (Wildman–Crippen LogP) is 3.49. The van der Waals surface area contributed by atoms with Crippen LogP contribution in [0.2, 0.25) is 5.02 Å². The Hall–Kier alpha value is -2.75. The molecule has 0 saturated carbocycles. The maximum atomic E-state index is 13.6. The molecule has 8 nitrogen and oxygen atoms in total. The number of amides is 1. The predicted molar refractivity (Wildman–Crippen MR) is 149 cm³/mol. The van der Waals surface area contributed by atoms with Crippen molar-refractivity contribution in [2.45, 2.75) is 32.7 Å². The molecule has 9 heteroatoms. The minimum Gasteiger partial charge on any atom is -0.379 e. The van der Waals surface area contributed by atoms with Gasteiger partial charge in [-0.3, -0.25) is 14.5 Å². The van der Waals surface area contributed by atoms with E-state index >= 15 is 0 Å². The Morgan fingerprint density at radius 3 is 2.47 bits per heavy atom. The molecule has 0 unspecified atom stereocenters. The summed E-state index contributed by atoms with van der Waals surface area (Å²) in [5.41, 5.74) is 2.54. The standard InChI is InChI=1S/C29H35ClN4O4/c30-24-6-3-22(4-7-24)18-31-29(36)26-20-34(21-38-16-11-32-9-1-2-10-32)27-8-5-23(17-25(27)28(26)35)19-33-12-14-37-15-13-33/h3-8,17,20H,1-2,9-16,18-19,21H2,(H,31,36). The van der Waals surface area contributed by atoms with E-state index in [0.717, 1.165) is 55.9 Å². The van der Waals surface area contributed by atoms with Crippen molar-refractivity contribution in [2.24, 2.45) is 0 Å². The third-order valence-corrected chi connectivity index (χ3v) is 7.50. The minimum atomic E-state index is -0.406. The zero-order valence-electron chi connectivity index (χ0n) is 21.7. The van der Waals surface area contributed by atoms with Crippen molar-refractivity contribution in [3.63, 3.8) is 0 Å². The van der Waals surface area contributed by atoms with Gasteiger partial charge in [0.1, 0.15) is 12.3 Å². The summed E-state index contributed by atoms with van der Waals surface area (Å²) < 4.78 is 13.3. The highest BCUT2D eigenvalue weighted by Crippen LogP contribution is 2.18. The lowest BCUT2D eigenvalue weighted by Crippen LogP contribution is -2.35. The molecule has 0 aliphatic carbocycles. The van der Waals surface area contributed by atoms with Crippen molar-refractivity contribution in [1.29, 1.82) is 0 Å². The van der Waals surface area contributed by atoms with Gasteiger partial charge in [-0.2, -0.15) is 0 Å². The Labute approximate surface area is 228 Å². The molecule has 3 heterocycles. The van der Waals surface area contributed by atoms with E-state index in [-0.39, 0.29) is 17.7 Å². The molecule has 202 valence electrons. The first kappa shape index (κ1) is 26.8. The summed E-state index contributed by atoms with van der Waals surface area (Å²) in [6, 6.07) is 13.2. The van der Waals surface area contributed by atoms with Gasteiger partial charge < -0.3 is 24.3 Å². The van der Waals surface area contributed by atoms with Crippen molar-refractivity contribution in [2.75, 3.05) is 52.5 Å². The Morgan fingerprint density at radius 2 is 1.71 bits per heavy atom. The van der Waals surface area contributed by atoms with E-state index in [0.29, 0.717) is 36.8 Å². The average molecular weight is 539 g/mol. The number of benzene rings is 2. The van der Waals surface area contributed by atoms with Crippen LogP contribution in [-0.4, -0.2) is 72.8 Å². The molecule has 0 bridgehead atoms. The molecule has 0 radical (unpaired) electrons. The Balaban J connectivity index is 1.37. The Kier molecular flexibility index (Phi) is 9.09. The van der Waals surface area contributed by atoms with Crippen molar-refractivity contribution >= 4 is 28.4 Å². The molecule has 2 aromatic carbocycles. The highest BCUT2D eigenvalue weighted by Gasteiger charge is 2.18. The van der Waals surface area contributed by atoms with Crippen LogP contribution in [0.4, 0.5) is 0 Å². The fourth-order valence-corrected chi connectivity index (χ4v) is 5.20. The second kappa shape index (κ2) is 12.9. The summed E-state index contributed by atoms with van der Waals surface area (Å²) in [6.45, 7) is 8.18. The highest BCUT2D eigenvalue weighted by atomic mass is 35.5. The number of aromatic nitrogens is 1. The van der Waals surface area contributed by atoms with E-state index in [2.05, 4.69) is 21.2 Å². The number of likely N-dealkylation sites (tertiary alicyclic amines) is 1. The van der Waals surface area contributed by atoms with Gasteiger partial charge in [0.15, 0.2) is 0 Å². The van der Waals surface area contributed by atoms with Crippen LogP contribution in [-0.2, 0) is 29.3 Å². The summed E-state index contributed by atoms with van der Waals surface area (Å²) in [6.07, 6.45) is 4.11. The van der Waals surface area contributed by atoms with Crippen LogP contribution in [0, 0.1) is 0 Å². The molecule has 2 saturated heterocycles. The highest BCUT2D eigenvalue weighted by molar-refractivity contribution is 6.30. The van der Waals surface area contributed by atoms with Gasteiger partial charge >= 0.3 is 0 Å². The lowest BCUT2D eigenvalue weighted by atomic mass is 10.1. The van der Waals surface area contributed by atoms with Gasteiger partial charge in [-0.25, -0.2) is 0 Å². The number of nitrogens with one attached hydrogen (secondary N) is 1. The van der Waals surface area contributed by atoms with Crippen molar-refractivity contribution < 1.29 is 14.3 Å². The number of fused-ring (bicyclic) bond motifs is 1. The number of ether oxygens (including phenoxy) is 2. The van der Waals surface area contributed by atoms with Crippen molar-refractivity contribution in [1.82, 2.24) is 19.7 Å². The second-order valence-corrected chi connectivity index (χ2v) is 10.4. The zero-order valence-corrected chi connectivity index (χ0v) is 22.4. The van der Waals surface area contributed by atoms with Crippen LogP contribution in [0.5, 0.6) is 0 Å². The van der Waals surface area contributed by atoms with Gasteiger partial charge in [0.05, 0.1) is 25.3 Å². The molecular weight excluding hydrogens is 504 g/mol. The molecule has 1 N–H and O–H groups in total. The minimum absolute atomic E-state index is 0.109.